The Balaban J connectivity index is 1.61. The molecule has 0 aliphatic carbocycles. The van der Waals surface area contributed by atoms with Gasteiger partial charge >= 0.3 is 0 Å². The number of amides is 2. The maximum Gasteiger partial charge on any atom is 0.255 e. The molecule has 3 aromatic rings. The Kier molecular flexibility index (Phi) is 4.66. The molecule has 0 saturated carbocycles. The van der Waals surface area contributed by atoms with Crippen LogP contribution >= 0.6 is 0 Å². The van der Waals surface area contributed by atoms with Gasteiger partial charge in [-0.05, 0) is 29.3 Å². The van der Waals surface area contributed by atoms with Gasteiger partial charge in [0.15, 0.2) is 0 Å². The molecule has 2 aromatic carbocycles. The Morgan fingerprint density at radius 3 is 2.48 bits per heavy atom. The molecule has 1 aliphatic heterocycles. The third-order valence-electron chi connectivity index (χ3n) is 4.69. The van der Waals surface area contributed by atoms with Gasteiger partial charge in [0.25, 0.3) is 5.91 Å². The van der Waals surface area contributed by atoms with E-state index in [1.807, 2.05) is 72.8 Å². The normalized spacial score (nSPS) is 13.9. The lowest BCUT2D eigenvalue weighted by Gasteiger charge is -2.27. The Hall–Kier alpha value is -3.47. The molecule has 1 atom stereocenters. The molecule has 2 amide bonds. The van der Waals surface area contributed by atoms with Crippen LogP contribution in [0.4, 0.5) is 0 Å². The maximum atomic E-state index is 13.1. The lowest BCUT2D eigenvalue weighted by molar-refractivity contribution is -0.126. The SMILES string of the molecule is O=C(NCc1ccccn1)C(c1ccccc1)N1Cc2ccccc2C1=O. The second kappa shape index (κ2) is 7.41. The fourth-order valence-electron chi connectivity index (χ4n) is 3.37. The third kappa shape index (κ3) is 3.44. The van der Waals surface area contributed by atoms with E-state index in [1.165, 1.54) is 0 Å². The van der Waals surface area contributed by atoms with Gasteiger partial charge in [-0.15, -0.1) is 0 Å². The maximum absolute atomic E-state index is 13.1. The summed E-state index contributed by atoms with van der Waals surface area (Å²) in [6, 6.07) is 21.8. The third-order valence-corrected chi connectivity index (χ3v) is 4.69. The first-order chi connectivity index (χ1) is 13.2. The molecule has 0 radical (unpaired) electrons. The molecule has 0 bridgehead atoms. The Morgan fingerprint density at radius 2 is 1.74 bits per heavy atom. The van der Waals surface area contributed by atoms with E-state index >= 15 is 0 Å². The minimum absolute atomic E-state index is 0.118. The Labute approximate surface area is 157 Å². The lowest BCUT2D eigenvalue weighted by Crippen LogP contribution is -2.40. The number of nitrogens with zero attached hydrogens (tertiary/aromatic N) is 2. The van der Waals surface area contributed by atoms with E-state index < -0.39 is 6.04 Å². The first-order valence-electron chi connectivity index (χ1n) is 8.85. The molecule has 1 unspecified atom stereocenters. The number of pyridine rings is 1. The van der Waals surface area contributed by atoms with E-state index in [0.29, 0.717) is 18.7 Å². The highest BCUT2D eigenvalue weighted by atomic mass is 16.2. The van der Waals surface area contributed by atoms with Crippen molar-refractivity contribution in [1.82, 2.24) is 15.2 Å². The molecule has 2 heterocycles. The van der Waals surface area contributed by atoms with Crippen LogP contribution in [0.25, 0.3) is 0 Å². The Bertz CT molecular complexity index is 958. The monoisotopic (exact) mass is 357 g/mol. The number of aromatic nitrogens is 1. The van der Waals surface area contributed by atoms with Gasteiger partial charge < -0.3 is 10.2 Å². The van der Waals surface area contributed by atoms with Crippen molar-refractivity contribution in [2.75, 3.05) is 0 Å². The van der Waals surface area contributed by atoms with Crippen LogP contribution < -0.4 is 5.32 Å². The van der Waals surface area contributed by atoms with Gasteiger partial charge in [0.05, 0.1) is 12.2 Å². The lowest BCUT2D eigenvalue weighted by atomic mass is 10.0. The summed E-state index contributed by atoms with van der Waals surface area (Å²) in [5, 5.41) is 2.93. The van der Waals surface area contributed by atoms with Crippen molar-refractivity contribution in [1.29, 1.82) is 0 Å². The largest absolute Gasteiger partial charge is 0.348 e. The van der Waals surface area contributed by atoms with Crippen LogP contribution in [-0.2, 0) is 17.9 Å². The molecule has 27 heavy (non-hydrogen) atoms. The molecular weight excluding hydrogens is 338 g/mol. The highest BCUT2D eigenvalue weighted by Gasteiger charge is 2.37. The van der Waals surface area contributed by atoms with Crippen LogP contribution in [0.1, 0.15) is 33.2 Å². The number of benzene rings is 2. The minimum Gasteiger partial charge on any atom is -0.348 e. The zero-order chi connectivity index (χ0) is 18.6. The standard InChI is InChI=1S/C22H19N3O2/c26-21(24-14-18-11-6-7-13-23-18)20(16-8-2-1-3-9-16)25-15-17-10-4-5-12-19(17)22(25)27/h1-13,20H,14-15H2,(H,24,26). The summed E-state index contributed by atoms with van der Waals surface area (Å²) in [7, 11) is 0. The van der Waals surface area contributed by atoms with Crippen LogP contribution in [0.15, 0.2) is 79.0 Å². The van der Waals surface area contributed by atoms with Crippen molar-refractivity contribution in [2.24, 2.45) is 0 Å². The van der Waals surface area contributed by atoms with Gasteiger partial charge in [-0.25, -0.2) is 0 Å². The van der Waals surface area contributed by atoms with Gasteiger partial charge in [0, 0.05) is 18.3 Å². The van der Waals surface area contributed by atoms with E-state index in [0.717, 1.165) is 16.8 Å². The topological polar surface area (TPSA) is 62.3 Å². The van der Waals surface area contributed by atoms with E-state index in [9.17, 15) is 9.59 Å². The zero-order valence-electron chi connectivity index (χ0n) is 14.7. The molecule has 5 heteroatoms. The number of nitrogens with one attached hydrogen (secondary N) is 1. The molecular formula is C22H19N3O2. The minimum atomic E-state index is -0.685. The molecule has 1 aliphatic rings. The summed E-state index contributed by atoms with van der Waals surface area (Å²) >= 11 is 0. The van der Waals surface area contributed by atoms with E-state index in [1.54, 1.807) is 11.1 Å². The summed E-state index contributed by atoms with van der Waals surface area (Å²) in [6.07, 6.45) is 1.69. The second-order valence-electron chi connectivity index (χ2n) is 6.44. The second-order valence-corrected chi connectivity index (χ2v) is 6.44. The highest BCUT2D eigenvalue weighted by Crippen LogP contribution is 2.31. The van der Waals surface area contributed by atoms with Crippen molar-refractivity contribution >= 4 is 11.8 Å². The summed E-state index contributed by atoms with van der Waals surface area (Å²) < 4.78 is 0. The highest BCUT2D eigenvalue weighted by molar-refractivity contribution is 6.01. The molecule has 134 valence electrons. The first-order valence-corrected chi connectivity index (χ1v) is 8.85. The van der Waals surface area contributed by atoms with Crippen LogP contribution in [0, 0.1) is 0 Å². The van der Waals surface area contributed by atoms with Gasteiger partial charge in [0.2, 0.25) is 5.91 Å². The number of rotatable bonds is 5. The fourth-order valence-corrected chi connectivity index (χ4v) is 3.37. The Morgan fingerprint density at radius 1 is 1.00 bits per heavy atom. The molecule has 1 N–H and O–H groups in total. The van der Waals surface area contributed by atoms with Crippen molar-refractivity contribution in [3.05, 3.63) is 101 Å². The van der Waals surface area contributed by atoms with Crippen molar-refractivity contribution in [2.45, 2.75) is 19.1 Å². The average molecular weight is 357 g/mol. The van der Waals surface area contributed by atoms with E-state index in [4.69, 9.17) is 0 Å². The van der Waals surface area contributed by atoms with Gasteiger partial charge in [0.1, 0.15) is 6.04 Å². The molecule has 0 fully saturated rings. The van der Waals surface area contributed by atoms with Crippen molar-refractivity contribution in [3.8, 4) is 0 Å². The van der Waals surface area contributed by atoms with Crippen molar-refractivity contribution < 1.29 is 9.59 Å². The van der Waals surface area contributed by atoms with Crippen molar-refractivity contribution in [3.63, 3.8) is 0 Å². The molecule has 1 aromatic heterocycles. The zero-order valence-corrected chi connectivity index (χ0v) is 14.7. The molecule has 0 saturated heterocycles. The summed E-state index contributed by atoms with van der Waals surface area (Å²) in [4.78, 5) is 31.9. The van der Waals surface area contributed by atoms with E-state index in [-0.39, 0.29) is 11.8 Å². The summed E-state index contributed by atoms with van der Waals surface area (Å²) in [6.45, 7) is 0.740. The number of carbonyl (C=O) groups excluding carboxylic acids is 2. The summed E-state index contributed by atoms with van der Waals surface area (Å²) in [5.41, 5.74) is 3.17. The number of fused-ring (bicyclic) bond motifs is 1. The van der Waals surface area contributed by atoms with Crippen LogP contribution in [0.5, 0.6) is 0 Å². The fraction of sp³-hybridized carbons (Fsp3) is 0.136. The van der Waals surface area contributed by atoms with Crippen LogP contribution in [0.2, 0.25) is 0 Å². The van der Waals surface area contributed by atoms with Gasteiger partial charge in [-0.3, -0.25) is 14.6 Å². The number of hydrogen-bond donors (Lipinski definition) is 1. The molecule has 0 spiro atoms. The molecule has 5 nitrogen and oxygen atoms in total. The van der Waals surface area contributed by atoms with Crippen LogP contribution in [-0.4, -0.2) is 21.7 Å². The number of hydrogen-bond acceptors (Lipinski definition) is 3. The smallest absolute Gasteiger partial charge is 0.255 e. The van der Waals surface area contributed by atoms with Gasteiger partial charge in [-0.1, -0.05) is 54.6 Å². The predicted molar refractivity (Wildman–Crippen MR) is 102 cm³/mol. The quantitative estimate of drug-likeness (QED) is 0.763. The predicted octanol–water partition coefficient (Wildman–Crippen LogP) is 3.10. The summed E-state index contributed by atoms with van der Waals surface area (Å²) in [5.74, 6) is -0.333. The molecule has 4 rings (SSSR count). The number of carbonyl (C=O) groups is 2. The first kappa shape index (κ1) is 17.0. The van der Waals surface area contributed by atoms with Crippen LogP contribution in [0.3, 0.4) is 0 Å². The van der Waals surface area contributed by atoms with E-state index in [2.05, 4.69) is 10.3 Å². The van der Waals surface area contributed by atoms with Gasteiger partial charge in [-0.2, -0.15) is 0 Å². The average Bonchev–Trinajstić information content (AvgIpc) is 3.05.